The quantitative estimate of drug-likeness (QED) is 0.459. The van der Waals surface area contributed by atoms with Crippen molar-refractivity contribution < 1.29 is 10.2 Å². The molecule has 5 aliphatic rings. The van der Waals surface area contributed by atoms with Crippen molar-refractivity contribution in [3.05, 3.63) is 47.8 Å². The number of aliphatic hydroxyl groups is 2. The summed E-state index contributed by atoms with van der Waals surface area (Å²) in [7, 11) is 3.75. The number of allylic oxidation sites excluding steroid dienone is 3. The first-order valence-electron chi connectivity index (χ1n) is 13.2. The lowest BCUT2D eigenvalue weighted by Gasteiger charge is -2.49. The van der Waals surface area contributed by atoms with Gasteiger partial charge in [-0.25, -0.2) is 4.98 Å². The zero-order chi connectivity index (χ0) is 23.7. The maximum Gasteiger partial charge on any atom is 0.0931 e. The fraction of sp³-hybridized carbons (Fsp3) is 0.621. The molecule has 7 atom stereocenters. The van der Waals surface area contributed by atoms with Crippen molar-refractivity contribution in [1.29, 1.82) is 0 Å². The van der Waals surface area contributed by atoms with Crippen LogP contribution in [0.1, 0.15) is 63.9 Å². The van der Waals surface area contributed by atoms with Crippen LogP contribution in [0.4, 0.5) is 0 Å². The third-order valence-corrected chi connectivity index (χ3v) is 10.1. The van der Waals surface area contributed by atoms with E-state index in [4.69, 9.17) is 0 Å². The molecule has 0 radical (unpaired) electrons. The second-order valence-electron chi connectivity index (χ2n) is 11.9. The summed E-state index contributed by atoms with van der Waals surface area (Å²) in [6.07, 6.45) is 14.6. The number of aromatic nitrogens is 2. The molecule has 4 N–H and O–H groups in total. The van der Waals surface area contributed by atoms with E-state index in [-0.39, 0.29) is 22.9 Å². The Balaban J connectivity index is 0.000000691. The Kier molecular flexibility index (Phi) is 5.15. The minimum absolute atomic E-state index is 0.0387. The summed E-state index contributed by atoms with van der Waals surface area (Å²) < 4.78 is 0. The number of nitrogens with one attached hydrogen (secondary N) is 2. The molecule has 1 heterocycles. The first kappa shape index (κ1) is 22.5. The summed E-state index contributed by atoms with van der Waals surface area (Å²) in [6, 6.07) is 6.53. The predicted molar refractivity (Wildman–Crippen MR) is 136 cm³/mol. The second kappa shape index (κ2) is 7.78. The topological polar surface area (TPSA) is 81.2 Å². The van der Waals surface area contributed by atoms with Crippen molar-refractivity contribution in [3.63, 3.8) is 0 Å². The molecule has 0 bridgehead atoms. The average Bonchev–Trinajstić information content (AvgIpc) is 3.15. The number of aromatic amines is 1. The van der Waals surface area contributed by atoms with Crippen LogP contribution in [0.2, 0.25) is 0 Å². The summed E-state index contributed by atoms with van der Waals surface area (Å²) in [5.74, 6) is 1.42. The number of benzene rings is 1. The van der Waals surface area contributed by atoms with Crippen molar-refractivity contribution in [2.75, 3.05) is 14.1 Å². The highest BCUT2D eigenvalue weighted by molar-refractivity contribution is 5.83. The number of H-pyrrole nitrogens is 1. The van der Waals surface area contributed by atoms with Crippen LogP contribution in [0.15, 0.2) is 42.3 Å². The number of aliphatic hydroxyl groups excluding tert-OH is 1. The number of nitrogens with zero attached hydrogens (tertiary/aromatic N) is 1. The van der Waals surface area contributed by atoms with Gasteiger partial charge in [0.2, 0.25) is 0 Å². The van der Waals surface area contributed by atoms with Gasteiger partial charge in [0.25, 0.3) is 0 Å². The molecule has 1 spiro atoms. The highest BCUT2D eigenvalue weighted by atomic mass is 16.3. The Morgan fingerprint density at radius 2 is 1.94 bits per heavy atom. The molecule has 0 amide bonds. The van der Waals surface area contributed by atoms with Crippen LogP contribution >= 0.6 is 0 Å². The molecule has 7 rings (SSSR count). The molecule has 5 heteroatoms. The molecule has 1 aromatic carbocycles. The van der Waals surface area contributed by atoms with Gasteiger partial charge in [-0.1, -0.05) is 25.1 Å². The Morgan fingerprint density at radius 1 is 1.12 bits per heavy atom. The van der Waals surface area contributed by atoms with E-state index in [0.717, 1.165) is 56.0 Å². The van der Waals surface area contributed by atoms with Gasteiger partial charge in [-0.15, -0.1) is 0 Å². The van der Waals surface area contributed by atoms with Crippen LogP contribution < -0.4 is 5.32 Å². The van der Waals surface area contributed by atoms with Crippen molar-refractivity contribution in [2.24, 2.45) is 28.6 Å². The van der Waals surface area contributed by atoms with Crippen LogP contribution in [0.5, 0.6) is 0 Å². The maximum absolute atomic E-state index is 12.3. The van der Waals surface area contributed by atoms with Gasteiger partial charge >= 0.3 is 0 Å². The molecular weight excluding hydrogens is 422 g/mol. The van der Waals surface area contributed by atoms with Crippen molar-refractivity contribution in [3.8, 4) is 0 Å². The van der Waals surface area contributed by atoms with E-state index >= 15 is 0 Å². The van der Waals surface area contributed by atoms with Crippen molar-refractivity contribution >= 4 is 16.6 Å². The molecule has 5 nitrogen and oxygen atoms in total. The molecule has 34 heavy (non-hydrogen) atoms. The van der Waals surface area contributed by atoms with E-state index in [2.05, 4.69) is 52.6 Å². The van der Waals surface area contributed by atoms with E-state index in [0.29, 0.717) is 11.8 Å². The Labute approximate surface area is 202 Å². The number of imidazole rings is 1. The van der Waals surface area contributed by atoms with Crippen LogP contribution in [0.3, 0.4) is 0 Å². The summed E-state index contributed by atoms with van der Waals surface area (Å²) in [5, 5.41) is 25.5. The van der Waals surface area contributed by atoms with E-state index in [1.54, 1.807) is 6.33 Å². The fourth-order valence-electron chi connectivity index (χ4n) is 8.54. The third kappa shape index (κ3) is 3.06. The lowest BCUT2D eigenvalue weighted by Crippen LogP contribution is -2.49. The molecule has 2 aromatic rings. The Morgan fingerprint density at radius 3 is 2.76 bits per heavy atom. The molecule has 182 valence electrons. The largest absolute Gasteiger partial charge is 0.393 e. The number of hydrogen-bond donors (Lipinski definition) is 4. The molecule has 3 saturated carbocycles. The summed E-state index contributed by atoms with van der Waals surface area (Å²) >= 11 is 0. The lowest BCUT2D eigenvalue weighted by molar-refractivity contribution is -0.0389. The van der Waals surface area contributed by atoms with Gasteiger partial charge in [0, 0.05) is 11.3 Å². The molecule has 1 aromatic heterocycles. The van der Waals surface area contributed by atoms with E-state index in [1.165, 1.54) is 23.1 Å². The molecular formula is C29H39N3O2. The van der Waals surface area contributed by atoms with Crippen LogP contribution in [0, 0.1) is 28.6 Å². The fourth-order valence-corrected chi connectivity index (χ4v) is 8.54. The smallest absolute Gasteiger partial charge is 0.0931 e. The molecule has 6 unspecified atom stereocenters. The zero-order valence-corrected chi connectivity index (χ0v) is 20.8. The average molecular weight is 462 g/mol. The monoisotopic (exact) mass is 461 g/mol. The summed E-state index contributed by atoms with van der Waals surface area (Å²) in [4.78, 5) is 7.62. The van der Waals surface area contributed by atoms with Gasteiger partial charge < -0.3 is 20.5 Å². The Bertz CT molecular complexity index is 1170. The van der Waals surface area contributed by atoms with Gasteiger partial charge in [-0.3, -0.25) is 0 Å². The minimum Gasteiger partial charge on any atom is -0.393 e. The molecule has 3 fully saturated rings. The molecule has 5 aliphatic carbocycles. The van der Waals surface area contributed by atoms with E-state index < -0.39 is 5.60 Å². The molecule has 0 aliphatic heterocycles. The predicted octanol–water partition coefficient (Wildman–Crippen LogP) is 4.83. The zero-order valence-electron chi connectivity index (χ0n) is 20.8. The van der Waals surface area contributed by atoms with Crippen LogP contribution in [0.25, 0.3) is 16.6 Å². The van der Waals surface area contributed by atoms with Crippen LogP contribution in [-0.4, -0.2) is 46.0 Å². The summed E-state index contributed by atoms with van der Waals surface area (Å²) in [5.41, 5.74) is 5.61. The van der Waals surface area contributed by atoms with Gasteiger partial charge in [0.05, 0.1) is 29.1 Å². The highest BCUT2D eigenvalue weighted by Crippen LogP contribution is 2.74. The first-order valence-corrected chi connectivity index (χ1v) is 13.2. The maximum atomic E-state index is 12.3. The second-order valence-corrected chi connectivity index (χ2v) is 11.9. The van der Waals surface area contributed by atoms with E-state index in [9.17, 15) is 10.2 Å². The minimum atomic E-state index is -0.695. The summed E-state index contributed by atoms with van der Waals surface area (Å²) in [6.45, 7) is 2.38. The van der Waals surface area contributed by atoms with Crippen molar-refractivity contribution in [1.82, 2.24) is 15.3 Å². The Hall–Kier alpha value is -1.95. The van der Waals surface area contributed by atoms with Crippen molar-refractivity contribution in [2.45, 2.75) is 70.0 Å². The number of hydrogen-bond acceptors (Lipinski definition) is 4. The van der Waals surface area contributed by atoms with Gasteiger partial charge in [-0.05, 0) is 112 Å². The molecule has 0 saturated heterocycles. The van der Waals surface area contributed by atoms with E-state index in [1.807, 2.05) is 14.1 Å². The van der Waals surface area contributed by atoms with Gasteiger partial charge in [0.15, 0.2) is 0 Å². The van der Waals surface area contributed by atoms with Gasteiger partial charge in [-0.2, -0.15) is 0 Å². The number of fused-ring (bicyclic) bond motifs is 5. The lowest BCUT2D eigenvalue weighted by atomic mass is 9.58. The highest BCUT2D eigenvalue weighted by Gasteiger charge is 2.68. The third-order valence-electron chi connectivity index (χ3n) is 10.1. The van der Waals surface area contributed by atoms with Gasteiger partial charge in [0.1, 0.15) is 0 Å². The SMILES string of the molecule is CC12CC=C3C4CC45CC(O)CCC5CC[C@]3(O)C1CC=C2c1ccc2nc[nH]c2c1.CNC. The first-order chi connectivity index (χ1) is 16.4. The normalized spacial score (nSPS) is 42.1. The van der Waals surface area contributed by atoms with Crippen LogP contribution in [-0.2, 0) is 0 Å². The number of rotatable bonds is 1. The standard InChI is InChI=1S/C27H32N2O2.C2H7N/c1-25-10-9-20-21-14-26(21)13-18(30)4-3-17(26)8-11-27(20,31)24(25)7-5-19(25)16-2-6-22-23(12-16)29-15-28-22;1-3-2/h2,5-6,9,12,15,17-18,21,24,30-31H,3-4,7-8,10-11,13-14H2,1H3,(H,28,29);3H,1-2H3/t17?,18?,21?,24?,25?,26?,27-;/m1./s1.